The van der Waals surface area contributed by atoms with Crippen molar-refractivity contribution in [1.82, 2.24) is 30.0 Å². The molecule has 158 valence electrons. The summed E-state index contributed by atoms with van der Waals surface area (Å²) in [5.74, 6) is 1.78. The van der Waals surface area contributed by atoms with Gasteiger partial charge in [-0.15, -0.1) is 5.10 Å². The molecule has 2 aliphatic rings. The maximum atomic E-state index is 5.37. The lowest BCUT2D eigenvalue weighted by Gasteiger charge is -2.41. The highest BCUT2D eigenvalue weighted by molar-refractivity contribution is 5.32. The van der Waals surface area contributed by atoms with Crippen molar-refractivity contribution in [3.8, 4) is 5.75 Å². The van der Waals surface area contributed by atoms with Crippen LogP contribution in [0.4, 0.5) is 0 Å². The molecule has 2 heterocycles. The smallest absolute Gasteiger partial charge is 0.173 e. The van der Waals surface area contributed by atoms with Crippen LogP contribution in [0.25, 0.3) is 0 Å². The molecule has 29 heavy (non-hydrogen) atoms. The average molecular weight is 399 g/mol. The van der Waals surface area contributed by atoms with Gasteiger partial charge < -0.3 is 4.74 Å². The Morgan fingerprint density at radius 1 is 1.00 bits per heavy atom. The number of ether oxygens (including phenoxy) is 1. The lowest BCUT2D eigenvalue weighted by Crippen LogP contribution is -2.51. The maximum absolute atomic E-state index is 5.37. The van der Waals surface area contributed by atoms with Crippen LogP contribution in [0.5, 0.6) is 5.75 Å². The summed E-state index contributed by atoms with van der Waals surface area (Å²) >= 11 is 0. The highest BCUT2D eigenvalue weighted by Crippen LogP contribution is 2.32. The number of hydrogen-bond donors (Lipinski definition) is 0. The minimum atomic E-state index is -0.171. The van der Waals surface area contributed by atoms with Gasteiger partial charge in [-0.05, 0) is 61.7 Å². The third kappa shape index (κ3) is 4.31. The Bertz CT molecular complexity index is 782. The van der Waals surface area contributed by atoms with E-state index in [0.717, 1.165) is 43.8 Å². The molecule has 0 amide bonds. The third-order valence-corrected chi connectivity index (χ3v) is 6.36. The van der Waals surface area contributed by atoms with Gasteiger partial charge in [-0.2, -0.15) is 0 Å². The summed E-state index contributed by atoms with van der Waals surface area (Å²) in [6.45, 7) is 10.7. The summed E-state index contributed by atoms with van der Waals surface area (Å²) in [5.41, 5.74) is 1.04. The van der Waals surface area contributed by atoms with E-state index in [0.29, 0.717) is 0 Å². The van der Waals surface area contributed by atoms with Gasteiger partial charge in [-0.3, -0.25) is 9.80 Å². The Morgan fingerprint density at radius 2 is 1.66 bits per heavy atom. The van der Waals surface area contributed by atoms with Crippen molar-refractivity contribution in [1.29, 1.82) is 0 Å². The largest absolute Gasteiger partial charge is 0.497 e. The maximum Gasteiger partial charge on any atom is 0.173 e. The normalized spacial score (nSPS) is 20.8. The number of rotatable bonds is 5. The van der Waals surface area contributed by atoms with E-state index in [-0.39, 0.29) is 11.6 Å². The molecule has 0 spiro atoms. The van der Waals surface area contributed by atoms with E-state index in [4.69, 9.17) is 4.74 Å². The van der Waals surface area contributed by atoms with Gasteiger partial charge >= 0.3 is 0 Å². The Labute approximate surface area is 174 Å². The molecular formula is C22H34N6O. The lowest BCUT2D eigenvalue weighted by atomic mass is 10.0. The summed E-state index contributed by atoms with van der Waals surface area (Å²) in [6.07, 6.45) is 5.51. The van der Waals surface area contributed by atoms with Crippen LogP contribution in [-0.4, -0.2) is 69.3 Å². The summed E-state index contributed by atoms with van der Waals surface area (Å²) in [7, 11) is 1.70. The molecule has 1 atom stereocenters. The minimum Gasteiger partial charge on any atom is -0.497 e. The van der Waals surface area contributed by atoms with E-state index < -0.39 is 0 Å². The fourth-order valence-corrected chi connectivity index (χ4v) is 4.78. The van der Waals surface area contributed by atoms with Crippen molar-refractivity contribution >= 4 is 0 Å². The quantitative estimate of drug-likeness (QED) is 0.771. The first-order valence-corrected chi connectivity index (χ1v) is 10.9. The molecule has 0 bridgehead atoms. The van der Waals surface area contributed by atoms with Crippen LogP contribution in [0.1, 0.15) is 63.9 Å². The van der Waals surface area contributed by atoms with Gasteiger partial charge in [0.2, 0.25) is 0 Å². The number of tetrazole rings is 1. The predicted molar refractivity (Wildman–Crippen MR) is 113 cm³/mol. The topological polar surface area (TPSA) is 59.3 Å². The zero-order chi connectivity index (χ0) is 20.4. The Kier molecular flexibility index (Phi) is 5.88. The van der Waals surface area contributed by atoms with Crippen molar-refractivity contribution < 1.29 is 4.74 Å². The van der Waals surface area contributed by atoms with E-state index >= 15 is 0 Å². The van der Waals surface area contributed by atoms with Crippen LogP contribution >= 0.6 is 0 Å². The van der Waals surface area contributed by atoms with Crippen LogP contribution in [0, 0.1) is 0 Å². The molecule has 1 saturated carbocycles. The van der Waals surface area contributed by atoms with E-state index in [9.17, 15) is 0 Å². The highest BCUT2D eigenvalue weighted by Gasteiger charge is 2.34. The first-order valence-electron chi connectivity index (χ1n) is 10.9. The van der Waals surface area contributed by atoms with Crippen LogP contribution in [0.2, 0.25) is 0 Å². The minimum absolute atomic E-state index is 0.0425. The van der Waals surface area contributed by atoms with E-state index in [2.05, 4.69) is 58.2 Å². The molecule has 0 N–H and O–H groups in total. The summed E-state index contributed by atoms with van der Waals surface area (Å²) in [4.78, 5) is 5.24. The second kappa shape index (κ2) is 8.40. The first-order chi connectivity index (χ1) is 14.0. The van der Waals surface area contributed by atoms with Crippen LogP contribution in [-0.2, 0) is 5.54 Å². The van der Waals surface area contributed by atoms with E-state index in [1.807, 2.05) is 16.8 Å². The molecule has 1 aromatic carbocycles. The van der Waals surface area contributed by atoms with E-state index in [1.165, 1.54) is 31.2 Å². The molecule has 1 saturated heterocycles. The second-order valence-electron chi connectivity index (χ2n) is 9.31. The van der Waals surface area contributed by atoms with Crippen LogP contribution in [0.15, 0.2) is 24.3 Å². The van der Waals surface area contributed by atoms with Crippen molar-refractivity contribution in [3.05, 3.63) is 35.7 Å². The lowest BCUT2D eigenvalue weighted by molar-refractivity contribution is 0.0755. The monoisotopic (exact) mass is 398 g/mol. The van der Waals surface area contributed by atoms with Gasteiger partial charge in [0.15, 0.2) is 5.82 Å². The van der Waals surface area contributed by atoms with Crippen molar-refractivity contribution in [2.24, 2.45) is 0 Å². The zero-order valence-corrected chi connectivity index (χ0v) is 18.2. The van der Waals surface area contributed by atoms with Crippen LogP contribution < -0.4 is 4.74 Å². The number of aromatic nitrogens is 4. The Hall–Kier alpha value is -1.99. The molecule has 1 aliphatic heterocycles. The van der Waals surface area contributed by atoms with Crippen molar-refractivity contribution in [3.63, 3.8) is 0 Å². The van der Waals surface area contributed by atoms with Gasteiger partial charge in [0.05, 0.1) is 18.7 Å². The second-order valence-corrected chi connectivity index (χ2v) is 9.31. The average Bonchev–Trinajstić information content (AvgIpc) is 3.41. The molecule has 7 heteroatoms. The highest BCUT2D eigenvalue weighted by atomic mass is 16.5. The molecule has 2 aromatic rings. The molecule has 1 unspecified atom stereocenters. The Balaban J connectivity index is 1.61. The number of methoxy groups -OCH3 is 1. The van der Waals surface area contributed by atoms with Crippen LogP contribution in [0.3, 0.4) is 0 Å². The first kappa shape index (κ1) is 20.3. The number of nitrogens with zero attached hydrogens (tertiary/aromatic N) is 6. The van der Waals surface area contributed by atoms with Crippen molar-refractivity contribution in [2.45, 2.75) is 64.1 Å². The Morgan fingerprint density at radius 3 is 2.24 bits per heavy atom. The molecule has 7 nitrogen and oxygen atoms in total. The molecule has 1 aromatic heterocycles. The van der Waals surface area contributed by atoms with Gasteiger partial charge in [0.25, 0.3) is 0 Å². The number of hydrogen-bond acceptors (Lipinski definition) is 6. The number of benzene rings is 1. The molecule has 0 radical (unpaired) electrons. The molecule has 1 aliphatic carbocycles. The van der Waals surface area contributed by atoms with Gasteiger partial charge in [0.1, 0.15) is 5.75 Å². The fraction of sp³-hybridized carbons (Fsp3) is 0.682. The third-order valence-electron chi connectivity index (χ3n) is 6.36. The van der Waals surface area contributed by atoms with Gasteiger partial charge in [-0.25, -0.2) is 4.68 Å². The predicted octanol–water partition coefficient (Wildman–Crippen LogP) is 3.09. The fourth-order valence-electron chi connectivity index (χ4n) is 4.78. The van der Waals surface area contributed by atoms with E-state index in [1.54, 1.807) is 7.11 Å². The van der Waals surface area contributed by atoms with Gasteiger partial charge in [-0.1, -0.05) is 25.0 Å². The summed E-state index contributed by atoms with van der Waals surface area (Å²) < 4.78 is 7.35. The molecule has 2 fully saturated rings. The molecule has 4 rings (SSSR count). The summed E-state index contributed by atoms with van der Waals surface area (Å²) in [5, 5.41) is 12.9. The molecular weight excluding hydrogens is 364 g/mol. The standard InChI is InChI=1S/C22H34N6O/c1-22(2,3)28-21(23-24-25-28)20(17-9-11-19(29-4)12-10-17)27-15-13-26(14-16-27)18-7-5-6-8-18/h9-12,18,20H,5-8,13-16H2,1-4H3. The van der Waals surface area contributed by atoms with Crippen molar-refractivity contribution in [2.75, 3.05) is 33.3 Å². The summed E-state index contributed by atoms with van der Waals surface area (Å²) in [6, 6.07) is 9.19. The van der Waals surface area contributed by atoms with Gasteiger partial charge in [0, 0.05) is 32.2 Å². The SMILES string of the molecule is COc1ccc(C(c2nnnn2C(C)(C)C)N2CCN(C3CCCC3)CC2)cc1. The zero-order valence-electron chi connectivity index (χ0n) is 18.2. The number of piperazine rings is 1.